The minimum atomic E-state index is -1.15. The van der Waals surface area contributed by atoms with Crippen LogP contribution in [0.4, 0.5) is 20.2 Å². The first-order valence-corrected chi connectivity index (χ1v) is 6.98. The van der Waals surface area contributed by atoms with E-state index in [0.29, 0.717) is 12.4 Å². The van der Waals surface area contributed by atoms with E-state index in [0.717, 1.165) is 24.3 Å². The molecule has 0 fully saturated rings. The quantitative estimate of drug-likeness (QED) is 0.490. The van der Waals surface area contributed by atoms with Gasteiger partial charge < -0.3 is 10.1 Å². The van der Waals surface area contributed by atoms with Crippen LogP contribution in [0, 0.1) is 21.7 Å². The summed E-state index contributed by atoms with van der Waals surface area (Å²) in [5, 5.41) is 12.9. The molecule has 0 radical (unpaired) electrons. The van der Waals surface area contributed by atoms with Crippen LogP contribution >= 0.6 is 0 Å². The van der Waals surface area contributed by atoms with E-state index in [-0.39, 0.29) is 22.7 Å². The van der Waals surface area contributed by atoms with Gasteiger partial charge in [0.1, 0.15) is 17.4 Å². The van der Waals surface area contributed by atoms with Gasteiger partial charge in [-0.15, -0.1) is 0 Å². The molecular formula is C16H12F2N2O5. The largest absolute Gasteiger partial charge is 0.480 e. The second-order valence-corrected chi connectivity index (χ2v) is 4.97. The Kier molecular flexibility index (Phi) is 5.38. The van der Waals surface area contributed by atoms with Gasteiger partial charge in [0.15, 0.2) is 12.4 Å². The van der Waals surface area contributed by atoms with Crippen molar-refractivity contribution in [3.63, 3.8) is 0 Å². The highest BCUT2D eigenvalue weighted by atomic mass is 19.1. The zero-order valence-electron chi connectivity index (χ0n) is 12.9. The fourth-order valence-electron chi connectivity index (χ4n) is 1.92. The van der Waals surface area contributed by atoms with E-state index >= 15 is 0 Å². The van der Waals surface area contributed by atoms with Gasteiger partial charge in [-0.05, 0) is 25.1 Å². The molecule has 0 saturated heterocycles. The number of amides is 1. The molecule has 1 amide bonds. The Hall–Kier alpha value is -3.36. The first-order chi connectivity index (χ1) is 11.8. The van der Waals surface area contributed by atoms with Gasteiger partial charge in [-0.25, -0.2) is 8.78 Å². The number of nitro groups is 1. The highest BCUT2D eigenvalue weighted by molar-refractivity contribution is 5.94. The van der Waals surface area contributed by atoms with E-state index < -0.39 is 28.6 Å². The predicted octanol–water partition coefficient (Wildman–Crippen LogP) is 3.09. The van der Waals surface area contributed by atoms with Gasteiger partial charge in [0.05, 0.1) is 16.2 Å². The lowest BCUT2D eigenvalue weighted by molar-refractivity contribution is -0.384. The monoisotopic (exact) mass is 350 g/mol. The van der Waals surface area contributed by atoms with Crippen molar-refractivity contribution in [1.82, 2.24) is 0 Å². The number of carbonyl (C=O) groups excluding carboxylic acids is 2. The summed E-state index contributed by atoms with van der Waals surface area (Å²) in [6.45, 7) is 1.34. The topological polar surface area (TPSA) is 98.5 Å². The van der Waals surface area contributed by atoms with Crippen molar-refractivity contribution in [3.05, 3.63) is 63.7 Å². The molecule has 2 aromatic carbocycles. The molecule has 2 rings (SSSR count). The molecule has 0 saturated carbocycles. The molecule has 0 heterocycles. The van der Waals surface area contributed by atoms with Crippen molar-refractivity contribution in [2.75, 3.05) is 5.32 Å². The summed E-state index contributed by atoms with van der Waals surface area (Å²) in [5.41, 5.74) is -0.650. The third-order valence-electron chi connectivity index (χ3n) is 3.19. The van der Waals surface area contributed by atoms with Crippen molar-refractivity contribution >= 4 is 23.6 Å². The Morgan fingerprint density at radius 2 is 2.00 bits per heavy atom. The summed E-state index contributed by atoms with van der Waals surface area (Å²) in [4.78, 5) is 33.1. The number of aldehydes is 1. The molecule has 0 aliphatic rings. The lowest BCUT2D eigenvalue weighted by atomic mass is 10.2. The smallest absolute Gasteiger partial charge is 0.270 e. The SMILES string of the molecule is C[C@@H](Oc1ccc([N+](=O)[O-])cc1C=O)C(=O)Nc1ccc(F)cc1F. The van der Waals surface area contributed by atoms with E-state index in [1.807, 2.05) is 0 Å². The number of ether oxygens (including phenoxy) is 1. The van der Waals surface area contributed by atoms with E-state index in [9.17, 15) is 28.5 Å². The Labute approximate surface area is 140 Å². The van der Waals surface area contributed by atoms with Gasteiger partial charge in [-0.3, -0.25) is 19.7 Å². The second-order valence-electron chi connectivity index (χ2n) is 4.97. The first-order valence-electron chi connectivity index (χ1n) is 6.98. The zero-order valence-corrected chi connectivity index (χ0v) is 12.9. The average Bonchev–Trinajstić information content (AvgIpc) is 2.57. The van der Waals surface area contributed by atoms with Crippen LogP contribution in [0.15, 0.2) is 36.4 Å². The summed E-state index contributed by atoms with van der Waals surface area (Å²) in [7, 11) is 0. The normalized spacial score (nSPS) is 11.5. The van der Waals surface area contributed by atoms with Gasteiger partial charge in [-0.2, -0.15) is 0 Å². The number of rotatable bonds is 6. The summed E-state index contributed by atoms with van der Waals surface area (Å²) in [6.07, 6.45) is -0.795. The van der Waals surface area contributed by atoms with Crippen LogP contribution in [-0.2, 0) is 4.79 Å². The molecule has 0 bridgehead atoms. The van der Waals surface area contributed by atoms with Crippen molar-refractivity contribution in [3.8, 4) is 5.75 Å². The van der Waals surface area contributed by atoms with Gasteiger partial charge in [-0.1, -0.05) is 0 Å². The van der Waals surface area contributed by atoms with Crippen LogP contribution in [0.25, 0.3) is 0 Å². The Morgan fingerprint density at radius 1 is 1.28 bits per heavy atom. The maximum absolute atomic E-state index is 13.5. The molecule has 0 aliphatic heterocycles. The number of anilines is 1. The lowest BCUT2D eigenvalue weighted by Gasteiger charge is -2.16. The molecule has 0 unspecified atom stereocenters. The molecule has 0 aliphatic carbocycles. The fourth-order valence-corrected chi connectivity index (χ4v) is 1.92. The summed E-state index contributed by atoms with van der Waals surface area (Å²) in [6, 6.07) is 5.95. The molecule has 2 aromatic rings. The van der Waals surface area contributed by atoms with E-state index in [1.165, 1.54) is 13.0 Å². The maximum atomic E-state index is 13.5. The third-order valence-corrected chi connectivity index (χ3v) is 3.19. The van der Waals surface area contributed by atoms with Crippen LogP contribution in [0.2, 0.25) is 0 Å². The summed E-state index contributed by atoms with van der Waals surface area (Å²) < 4.78 is 31.7. The highest BCUT2D eigenvalue weighted by Gasteiger charge is 2.19. The maximum Gasteiger partial charge on any atom is 0.270 e. The second kappa shape index (κ2) is 7.47. The van der Waals surface area contributed by atoms with Crippen molar-refractivity contribution < 1.29 is 28.0 Å². The van der Waals surface area contributed by atoms with Crippen molar-refractivity contribution in [1.29, 1.82) is 0 Å². The van der Waals surface area contributed by atoms with Crippen LogP contribution in [0.1, 0.15) is 17.3 Å². The van der Waals surface area contributed by atoms with Gasteiger partial charge in [0.2, 0.25) is 0 Å². The molecule has 1 atom stereocenters. The van der Waals surface area contributed by atoms with Crippen LogP contribution in [0.5, 0.6) is 5.75 Å². The molecule has 0 spiro atoms. The Balaban J connectivity index is 2.13. The molecule has 1 N–H and O–H groups in total. The number of hydrogen-bond acceptors (Lipinski definition) is 5. The summed E-state index contributed by atoms with van der Waals surface area (Å²) in [5.74, 6) is -2.53. The zero-order chi connectivity index (χ0) is 18.6. The van der Waals surface area contributed by atoms with Crippen LogP contribution < -0.4 is 10.1 Å². The average molecular weight is 350 g/mol. The predicted molar refractivity (Wildman–Crippen MR) is 83.6 cm³/mol. The lowest BCUT2D eigenvalue weighted by Crippen LogP contribution is -2.30. The van der Waals surface area contributed by atoms with Crippen LogP contribution in [-0.4, -0.2) is 23.2 Å². The number of hydrogen-bond donors (Lipinski definition) is 1. The van der Waals surface area contributed by atoms with Gasteiger partial charge >= 0.3 is 0 Å². The van der Waals surface area contributed by atoms with E-state index in [1.54, 1.807) is 0 Å². The number of nitrogens with zero attached hydrogens (tertiary/aromatic N) is 1. The highest BCUT2D eigenvalue weighted by Crippen LogP contribution is 2.24. The number of non-ortho nitro benzene ring substituents is 1. The minimum Gasteiger partial charge on any atom is -0.480 e. The number of carbonyl (C=O) groups is 2. The number of nitrogens with one attached hydrogen (secondary N) is 1. The third kappa shape index (κ3) is 4.34. The molecule has 25 heavy (non-hydrogen) atoms. The molecule has 0 aromatic heterocycles. The van der Waals surface area contributed by atoms with Crippen molar-refractivity contribution in [2.24, 2.45) is 0 Å². The summed E-state index contributed by atoms with van der Waals surface area (Å²) >= 11 is 0. The van der Waals surface area contributed by atoms with Gasteiger partial charge in [0, 0.05) is 18.2 Å². The van der Waals surface area contributed by atoms with Crippen molar-refractivity contribution in [2.45, 2.75) is 13.0 Å². The molecule has 130 valence electrons. The Morgan fingerprint density at radius 3 is 2.60 bits per heavy atom. The minimum absolute atomic E-state index is 0.0390. The Bertz CT molecular complexity index is 841. The van der Waals surface area contributed by atoms with Crippen LogP contribution in [0.3, 0.4) is 0 Å². The number of nitro benzene ring substituents is 1. The molecule has 9 heteroatoms. The fraction of sp³-hybridized carbons (Fsp3) is 0.125. The molecular weight excluding hydrogens is 338 g/mol. The number of halogens is 2. The first kappa shape index (κ1) is 18.0. The molecule has 7 nitrogen and oxygen atoms in total. The van der Waals surface area contributed by atoms with Gasteiger partial charge in [0.25, 0.3) is 11.6 Å². The van der Waals surface area contributed by atoms with E-state index in [2.05, 4.69) is 5.32 Å². The number of benzene rings is 2. The standard InChI is InChI=1S/C16H12F2N2O5/c1-9(16(22)19-14-4-2-11(17)7-13(14)18)25-15-5-3-12(20(23)24)6-10(15)8-21/h2-9H,1H3,(H,19,22)/t9-/m1/s1. The van der Waals surface area contributed by atoms with E-state index in [4.69, 9.17) is 4.74 Å².